The van der Waals surface area contributed by atoms with E-state index in [9.17, 15) is 14.0 Å². The minimum absolute atomic E-state index is 0.0108. The van der Waals surface area contributed by atoms with Crippen LogP contribution in [0.3, 0.4) is 0 Å². The fraction of sp³-hybridized carbons (Fsp3) is 0.333. The van der Waals surface area contributed by atoms with Crippen LogP contribution >= 0.6 is 0 Å². The molecule has 2 aromatic heterocycles. The van der Waals surface area contributed by atoms with Crippen LogP contribution < -0.4 is 4.90 Å². The van der Waals surface area contributed by atoms with Crippen molar-refractivity contribution in [3.8, 4) is 0 Å². The number of alkyl halides is 1. The van der Waals surface area contributed by atoms with Crippen molar-refractivity contribution in [3.63, 3.8) is 0 Å². The fourth-order valence-electron chi connectivity index (χ4n) is 4.25. The predicted molar refractivity (Wildman–Crippen MR) is 108 cm³/mol. The number of nitrogens with zero attached hydrogens (tertiary/aromatic N) is 7. The van der Waals surface area contributed by atoms with Gasteiger partial charge in [0.25, 0.3) is 11.8 Å². The van der Waals surface area contributed by atoms with Gasteiger partial charge in [-0.05, 0) is 24.1 Å². The largest absolute Gasteiger partial charge is 0.331 e. The second-order valence-corrected chi connectivity index (χ2v) is 7.74. The molecule has 0 spiro atoms. The van der Waals surface area contributed by atoms with E-state index in [0.717, 1.165) is 17.7 Å². The zero-order chi connectivity index (χ0) is 21.4. The number of hydrogen-bond donors (Lipinski definition) is 0. The SMILES string of the molecule is O=C(c1cn(C[C@@H]2C[C@H](F)CN2C(=O)c2ccnnc2)nn1)N1CCc2ccccc21. The Kier molecular flexibility index (Phi) is 4.89. The molecule has 31 heavy (non-hydrogen) atoms. The molecule has 2 aliphatic heterocycles. The number of likely N-dealkylation sites (tertiary alicyclic amines) is 1. The number of carbonyl (C=O) groups is 2. The van der Waals surface area contributed by atoms with E-state index < -0.39 is 12.2 Å². The summed E-state index contributed by atoms with van der Waals surface area (Å²) in [5.41, 5.74) is 2.60. The summed E-state index contributed by atoms with van der Waals surface area (Å²) >= 11 is 0. The van der Waals surface area contributed by atoms with Crippen LogP contribution in [-0.2, 0) is 13.0 Å². The number of amides is 2. The van der Waals surface area contributed by atoms with Crippen molar-refractivity contribution in [2.45, 2.75) is 31.6 Å². The number of anilines is 1. The van der Waals surface area contributed by atoms with Gasteiger partial charge in [-0.1, -0.05) is 23.4 Å². The summed E-state index contributed by atoms with van der Waals surface area (Å²) in [6.45, 7) is 0.859. The van der Waals surface area contributed by atoms with E-state index in [1.54, 1.807) is 17.2 Å². The van der Waals surface area contributed by atoms with Gasteiger partial charge in [0.2, 0.25) is 0 Å². The third-order valence-corrected chi connectivity index (χ3v) is 5.74. The highest BCUT2D eigenvalue weighted by molar-refractivity contribution is 6.05. The first-order valence-corrected chi connectivity index (χ1v) is 10.1. The molecule has 0 saturated carbocycles. The number of rotatable bonds is 4. The highest BCUT2D eigenvalue weighted by atomic mass is 19.1. The Morgan fingerprint density at radius 2 is 2.00 bits per heavy atom. The van der Waals surface area contributed by atoms with Crippen molar-refractivity contribution in [1.82, 2.24) is 30.1 Å². The Morgan fingerprint density at radius 1 is 1.13 bits per heavy atom. The average molecular weight is 421 g/mol. The summed E-state index contributed by atoms with van der Waals surface area (Å²) in [5, 5.41) is 15.5. The van der Waals surface area contributed by atoms with E-state index in [1.165, 1.54) is 22.0 Å². The van der Waals surface area contributed by atoms with Crippen LogP contribution in [0.25, 0.3) is 0 Å². The maximum atomic E-state index is 14.2. The summed E-state index contributed by atoms with van der Waals surface area (Å²) in [7, 11) is 0. The number of carbonyl (C=O) groups excluding carboxylic acids is 2. The molecule has 10 heteroatoms. The van der Waals surface area contributed by atoms with Crippen molar-refractivity contribution in [1.29, 1.82) is 0 Å². The number of aromatic nitrogens is 5. The fourth-order valence-corrected chi connectivity index (χ4v) is 4.25. The monoisotopic (exact) mass is 421 g/mol. The van der Waals surface area contributed by atoms with E-state index in [0.29, 0.717) is 12.1 Å². The van der Waals surface area contributed by atoms with Crippen LogP contribution in [0.4, 0.5) is 10.1 Å². The molecule has 9 nitrogen and oxygen atoms in total. The van der Waals surface area contributed by atoms with E-state index in [4.69, 9.17) is 0 Å². The second-order valence-electron chi connectivity index (χ2n) is 7.74. The standard InChI is InChI=1S/C21H20FN7O2/c22-16-9-17(29(11-16)20(30)15-5-7-23-24-10-15)12-27-13-18(25-26-27)21(31)28-8-6-14-3-1-2-4-19(14)28/h1-5,7,10,13,16-17H,6,8-9,11-12H2/t16-,17-/m0/s1. The van der Waals surface area contributed by atoms with Gasteiger partial charge in [0, 0.05) is 18.7 Å². The Balaban J connectivity index is 1.31. The van der Waals surface area contributed by atoms with Gasteiger partial charge in [-0.15, -0.1) is 5.10 Å². The van der Waals surface area contributed by atoms with Crippen LogP contribution in [0.2, 0.25) is 0 Å². The van der Waals surface area contributed by atoms with Gasteiger partial charge >= 0.3 is 0 Å². The number of para-hydroxylation sites is 1. The van der Waals surface area contributed by atoms with Gasteiger partial charge < -0.3 is 9.80 Å². The number of halogens is 1. The zero-order valence-corrected chi connectivity index (χ0v) is 16.6. The molecule has 1 saturated heterocycles. The van der Waals surface area contributed by atoms with Crippen LogP contribution in [-0.4, -0.2) is 67.2 Å². The first-order valence-electron chi connectivity index (χ1n) is 10.1. The van der Waals surface area contributed by atoms with Gasteiger partial charge in [0.1, 0.15) is 6.17 Å². The lowest BCUT2D eigenvalue weighted by Crippen LogP contribution is -2.38. The van der Waals surface area contributed by atoms with Crippen molar-refractivity contribution < 1.29 is 14.0 Å². The number of fused-ring (bicyclic) bond motifs is 1. The van der Waals surface area contributed by atoms with Crippen molar-refractivity contribution in [3.05, 3.63) is 65.7 Å². The summed E-state index contributed by atoms with van der Waals surface area (Å²) in [6.07, 6.45) is 4.24. The van der Waals surface area contributed by atoms with E-state index >= 15 is 0 Å². The van der Waals surface area contributed by atoms with Gasteiger partial charge in [-0.3, -0.25) is 9.59 Å². The zero-order valence-electron chi connectivity index (χ0n) is 16.6. The van der Waals surface area contributed by atoms with Crippen LogP contribution in [0.15, 0.2) is 48.9 Å². The summed E-state index contributed by atoms with van der Waals surface area (Å²) < 4.78 is 15.7. The van der Waals surface area contributed by atoms with Gasteiger partial charge in [0.05, 0.1) is 43.3 Å². The third-order valence-electron chi connectivity index (χ3n) is 5.74. The molecular formula is C21H20FN7O2. The molecule has 2 atom stereocenters. The molecule has 4 heterocycles. The van der Waals surface area contributed by atoms with E-state index in [2.05, 4.69) is 20.5 Å². The highest BCUT2D eigenvalue weighted by Crippen LogP contribution is 2.28. The van der Waals surface area contributed by atoms with Crippen LogP contribution in [0, 0.1) is 0 Å². The maximum absolute atomic E-state index is 14.2. The molecule has 1 aromatic carbocycles. The molecule has 2 aliphatic rings. The van der Waals surface area contributed by atoms with Crippen molar-refractivity contribution in [2.75, 3.05) is 18.0 Å². The Bertz CT molecular complexity index is 1120. The average Bonchev–Trinajstić information content (AvgIpc) is 3.52. The summed E-state index contributed by atoms with van der Waals surface area (Å²) in [5.74, 6) is -0.521. The first-order chi connectivity index (χ1) is 15.1. The number of benzene rings is 1. The second kappa shape index (κ2) is 7.86. The predicted octanol–water partition coefficient (Wildman–Crippen LogP) is 1.52. The Morgan fingerprint density at radius 3 is 2.84 bits per heavy atom. The molecule has 3 aromatic rings. The highest BCUT2D eigenvalue weighted by Gasteiger charge is 2.36. The van der Waals surface area contributed by atoms with E-state index in [1.807, 2.05) is 24.3 Å². The minimum Gasteiger partial charge on any atom is -0.331 e. The molecule has 0 unspecified atom stereocenters. The molecule has 0 N–H and O–H groups in total. The van der Waals surface area contributed by atoms with Crippen LogP contribution in [0.5, 0.6) is 0 Å². The molecule has 0 radical (unpaired) electrons. The lowest BCUT2D eigenvalue weighted by Gasteiger charge is -2.24. The quantitative estimate of drug-likeness (QED) is 0.634. The smallest absolute Gasteiger partial charge is 0.280 e. The molecule has 5 rings (SSSR count). The minimum atomic E-state index is -1.12. The number of hydrogen-bond acceptors (Lipinski definition) is 6. The lowest BCUT2D eigenvalue weighted by molar-refractivity contribution is 0.0713. The normalized spacial score (nSPS) is 20.2. The van der Waals surface area contributed by atoms with Gasteiger partial charge in [-0.2, -0.15) is 10.2 Å². The molecule has 2 amide bonds. The topological polar surface area (TPSA) is 97.1 Å². The van der Waals surface area contributed by atoms with Crippen LogP contribution in [0.1, 0.15) is 32.8 Å². The van der Waals surface area contributed by atoms with Gasteiger partial charge in [-0.25, -0.2) is 9.07 Å². The van der Waals surface area contributed by atoms with Crippen molar-refractivity contribution in [2.24, 2.45) is 0 Å². The molecule has 0 bridgehead atoms. The molecule has 0 aliphatic carbocycles. The third kappa shape index (κ3) is 3.65. The Hall–Kier alpha value is -3.69. The van der Waals surface area contributed by atoms with Gasteiger partial charge in [0.15, 0.2) is 5.69 Å². The molecular weight excluding hydrogens is 401 g/mol. The summed E-state index contributed by atoms with van der Waals surface area (Å²) in [6, 6.07) is 8.95. The van der Waals surface area contributed by atoms with Crippen molar-refractivity contribution >= 4 is 17.5 Å². The maximum Gasteiger partial charge on any atom is 0.280 e. The van der Waals surface area contributed by atoms with E-state index in [-0.39, 0.29) is 37.0 Å². The summed E-state index contributed by atoms with van der Waals surface area (Å²) in [4.78, 5) is 28.9. The Labute approximate surface area is 177 Å². The first kappa shape index (κ1) is 19.3. The molecule has 158 valence electrons. The molecule has 1 fully saturated rings. The lowest BCUT2D eigenvalue weighted by atomic mass is 10.2.